The van der Waals surface area contributed by atoms with Crippen molar-refractivity contribution < 1.29 is 4.74 Å². The molecule has 0 spiro atoms. The molecule has 25 heavy (non-hydrogen) atoms. The summed E-state index contributed by atoms with van der Waals surface area (Å²) >= 11 is 1.65. The van der Waals surface area contributed by atoms with Crippen molar-refractivity contribution in [1.29, 1.82) is 0 Å². The van der Waals surface area contributed by atoms with Gasteiger partial charge < -0.3 is 15.4 Å². The number of nitrogens with zero attached hydrogens (tertiary/aromatic N) is 2. The summed E-state index contributed by atoms with van der Waals surface area (Å²) in [6.07, 6.45) is 0. The predicted octanol–water partition coefficient (Wildman–Crippen LogP) is 3.36. The van der Waals surface area contributed by atoms with E-state index in [1.165, 1.54) is 10.4 Å². The fourth-order valence-corrected chi connectivity index (χ4v) is 2.95. The lowest BCUT2D eigenvalue weighted by atomic mass is 10.2. The van der Waals surface area contributed by atoms with Crippen LogP contribution in [0.2, 0.25) is 0 Å². The van der Waals surface area contributed by atoms with Gasteiger partial charge in [-0.3, -0.25) is 0 Å². The van der Waals surface area contributed by atoms with Gasteiger partial charge in [-0.15, -0.1) is 11.3 Å². The Balaban J connectivity index is 1.72. The molecular weight excluding hydrogens is 332 g/mol. The molecule has 0 radical (unpaired) electrons. The number of hydrogen-bond donors (Lipinski definition) is 2. The van der Waals surface area contributed by atoms with Crippen LogP contribution in [0.15, 0.2) is 40.8 Å². The van der Waals surface area contributed by atoms with Crippen molar-refractivity contribution >= 4 is 17.3 Å². The van der Waals surface area contributed by atoms with Gasteiger partial charge in [0.05, 0.1) is 31.0 Å². The van der Waals surface area contributed by atoms with Gasteiger partial charge in [-0.1, -0.05) is 37.3 Å². The largest absolute Gasteiger partial charge is 0.376 e. The van der Waals surface area contributed by atoms with Crippen LogP contribution in [0.1, 0.15) is 30.0 Å². The molecule has 1 aromatic heterocycles. The molecule has 2 N–H and O–H groups in total. The third kappa shape index (κ3) is 7.23. The van der Waals surface area contributed by atoms with Gasteiger partial charge in [0.1, 0.15) is 0 Å². The van der Waals surface area contributed by atoms with E-state index in [0.717, 1.165) is 31.3 Å². The molecule has 1 unspecified atom stereocenters. The molecule has 0 saturated carbocycles. The molecule has 2 rings (SSSR count). The van der Waals surface area contributed by atoms with Crippen molar-refractivity contribution in [3.8, 4) is 0 Å². The summed E-state index contributed by atoms with van der Waals surface area (Å²) in [5, 5.41) is 6.68. The molecule has 0 aliphatic rings. The van der Waals surface area contributed by atoms with Crippen LogP contribution in [-0.2, 0) is 17.9 Å². The zero-order valence-electron chi connectivity index (χ0n) is 15.3. The standard InChI is InChI=1S/C19H28N4OS/c1-4-20-19(22-11-18-16(3)23-14-25-18)21-10-15(2)12-24-13-17-8-6-5-7-9-17/h5-9,14-15H,4,10-13H2,1-3H3,(H2,20,21,22). The van der Waals surface area contributed by atoms with E-state index in [4.69, 9.17) is 4.74 Å². The minimum absolute atomic E-state index is 0.401. The van der Waals surface area contributed by atoms with Gasteiger partial charge in [-0.25, -0.2) is 9.98 Å². The van der Waals surface area contributed by atoms with Gasteiger partial charge in [-0.2, -0.15) is 0 Å². The molecule has 0 bridgehead atoms. The van der Waals surface area contributed by atoms with Crippen LogP contribution in [0.4, 0.5) is 0 Å². The number of benzene rings is 1. The second-order valence-electron chi connectivity index (χ2n) is 6.04. The highest BCUT2D eigenvalue weighted by Crippen LogP contribution is 2.12. The highest BCUT2D eigenvalue weighted by Gasteiger charge is 2.06. The Labute approximate surface area is 154 Å². The average Bonchev–Trinajstić information content (AvgIpc) is 3.03. The molecule has 1 atom stereocenters. The highest BCUT2D eigenvalue weighted by atomic mass is 32.1. The average molecular weight is 361 g/mol. The molecule has 136 valence electrons. The van der Waals surface area contributed by atoms with E-state index in [1.807, 2.05) is 30.6 Å². The summed E-state index contributed by atoms with van der Waals surface area (Å²) in [6.45, 7) is 9.96. The van der Waals surface area contributed by atoms with Crippen molar-refractivity contribution in [2.24, 2.45) is 10.9 Å². The number of aromatic nitrogens is 1. The first-order valence-corrected chi connectivity index (χ1v) is 9.59. The van der Waals surface area contributed by atoms with E-state index in [2.05, 4.69) is 46.6 Å². The van der Waals surface area contributed by atoms with Crippen LogP contribution in [0.3, 0.4) is 0 Å². The summed E-state index contributed by atoms with van der Waals surface area (Å²) in [5.74, 6) is 1.24. The van der Waals surface area contributed by atoms with Gasteiger partial charge in [0.2, 0.25) is 0 Å². The topological polar surface area (TPSA) is 58.5 Å². The van der Waals surface area contributed by atoms with Gasteiger partial charge in [0.15, 0.2) is 5.96 Å². The Morgan fingerprint density at radius 1 is 1.28 bits per heavy atom. The van der Waals surface area contributed by atoms with E-state index < -0.39 is 0 Å². The third-order valence-corrected chi connectivity index (χ3v) is 4.62. The maximum absolute atomic E-state index is 5.80. The van der Waals surface area contributed by atoms with E-state index in [9.17, 15) is 0 Å². The first kappa shape index (κ1) is 19.4. The summed E-state index contributed by atoms with van der Waals surface area (Å²) < 4.78 is 5.80. The predicted molar refractivity (Wildman–Crippen MR) is 105 cm³/mol. The Morgan fingerprint density at radius 2 is 2.08 bits per heavy atom. The van der Waals surface area contributed by atoms with E-state index in [0.29, 0.717) is 19.1 Å². The zero-order valence-corrected chi connectivity index (χ0v) is 16.1. The molecule has 0 aliphatic carbocycles. The van der Waals surface area contributed by atoms with Crippen molar-refractivity contribution in [2.45, 2.75) is 33.9 Å². The number of aryl methyl sites for hydroxylation is 1. The quantitative estimate of drug-likeness (QED) is 0.532. The van der Waals surface area contributed by atoms with Gasteiger partial charge >= 0.3 is 0 Å². The second kappa shape index (κ2) is 10.8. The number of thiazole rings is 1. The number of aliphatic imine (C=N–C) groups is 1. The van der Waals surface area contributed by atoms with Crippen molar-refractivity contribution in [1.82, 2.24) is 15.6 Å². The molecule has 1 heterocycles. The lowest BCUT2D eigenvalue weighted by Crippen LogP contribution is -2.40. The van der Waals surface area contributed by atoms with E-state index in [1.54, 1.807) is 11.3 Å². The third-order valence-electron chi connectivity index (χ3n) is 3.70. The minimum Gasteiger partial charge on any atom is -0.376 e. The van der Waals surface area contributed by atoms with Crippen molar-refractivity contribution in [2.75, 3.05) is 19.7 Å². The molecule has 0 amide bonds. The fourth-order valence-electron chi connectivity index (χ4n) is 2.25. The normalized spacial score (nSPS) is 12.8. The monoisotopic (exact) mass is 360 g/mol. The summed E-state index contributed by atoms with van der Waals surface area (Å²) in [6, 6.07) is 10.3. The molecule has 0 saturated heterocycles. The van der Waals surface area contributed by atoms with Gasteiger partial charge in [0, 0.05) is 18.0 Å². The van der Waals surface area contributed by atoms with Crippen molar-refractivity contribution in [3.63, 3.8) is 0 Å². The Morgan fingerprint density at radius 3 is 2.76 bits per heavy atom. The lowest BCUT2D eigenvalue weighted by molar-refractivity contribution is 0.0931. The smallest absolute Gasteiger partial charge is 0.191 e. The van der Waals surface area contributed by atoms with Crippen LogP contribution in [-0.4, -0.2) is 30.6 Å². The first-order valence-electron chi connectivity index (χ1n) is 8.71. The fraction of sp³-hybridized carbons (Fsp3) is 0.474. The van der Waals surface area contributed by atoms with Gasteiger partial charge in [0.25, 0.3) is 0 Å². The van der Waals surface area contributed by atoms with Crippen LogP contribution in [0, 0.1) is 12.8 Å². The molecular formula is C19H28N4OS. The van der Waals surface area contributed by atoms with Crippen molar-refractivity contribution in [3.05, 3.63) is 52.0 Å². The van der Waals surface area contributed by atoms with E-state index in [-0.39, 0.29) is 0 Å². The molecule has 0 aliphatic heterocycles. The Hall–Kier alpha value is -1.92. The molecule has 0 fully saturated rings. The minimum atomic E-state index is 0.401. The summed E-state index contributed by atoms with van der Waals surface area (Å²) in [4.78, 5) is 10.1. The molecule has 1 aromatic carbocycles. The lowest BCUT2D eigenvalue weighted by Gasteiger charge is -2.16. The maximum Gasteiger partial charge on any atom is 0.191 e. The van der Waals surface area contributed by atoms with Crippen LogP contribution < -0.4 is 10.6 Å². The van der Waals surface area contributed by atoms with E-state index >= 15 is 0 Å². The Bertz CT molecular complexity index is 642. The molecule has 6 heteroatoms. The zero-order chi connectivity index (χ0) is 17.9. The maximum atomic E-state index is 5.80. The number of guanidine groups is 1. The van der Waals surface area contributed by atoms with Crippen LogP contribution >= 0.6 is 11.3 Å². The van der Waals surface area contributed by atoms with Crippen LogP contribution in [0.25, 0.3) is 0 Å². The van der Waals surface area contributed by atoms with Crippen LogP contribution in [0.5, 0.6) is 0 Å². The first-order chi connectivity index (χ1) is 12.2. The SMILES string of the molecule is CCNC(=NCc1scnc1C)NCC(C)COCc1ccccc1. The van der Waals surface area contributed by atoms with Gasteiger partial charge in [-0.05, 0) is 25.3 Å². The summed E-state index contributed by atoms with van der Waals surface area (Å²) in [7, 11) is 0. The second-order valence-corrected chi connectivity index (χ2v) is 6.98. The number of ether oxygens (including phenoxy) is 1. The highest BCUT2D eigenvalue weighted by molar-refractivity contribution is 7.09. The number of hydrogen-bond acceptors (Lipinski definition) is 4. The molecule has 2 aromatic rings. The number of rotatable bonds is 9. The summed E-state index contributed by atoms with van der Waals surface area (Å²) in [5.41, 5.74) is 4.14. The number of nitrogens with one attached hydrogen (secondary N) is 2. The molecule has 5 nitrogen and oxygen atoms in total. The Kier molecular flexibility index (Phi) is 8.42.